The van der Waals surface area contributed by atoms with E-state index >= 15 is 0 Å². The van der Waals surface area contributed by atoms with Crippen LogP contribution in [0.3, 0.4) is 0 Å². The number of nitriles is 1. The Labute approximate surface area is 121 Å². The molecule has 0 fully saturated rings. The van der Waals surface area contributed by atoms with Crippen molar-refractivity contribution in [3.63, 3.8) is 0 Å². The van der Waals surface area contributed by atoms with Crippen molar-refractivity contribution >= 4 is 17.2 Å². The van der Waals surface area contributed by atoms with Gasteiger partial charge >= 0.3 is 0 Å². The zero-order valence-electron chi connectivity index (χ0n) is 11.0. The van der Waals surface area contributed by atoms with E-state index in [1.165, 1.54) is 17.4 Å². The number of amides is 1. The fourth-order valence-corrected chi connectivity index (χ4v) is 2.54. The van der Waals surface area contributed by atoms with Gasteiger partial charge < -0.3 is 10.4 Å². The van der Waals surface area contributed by atoms with Gasteiger partial charge in [0.05, 0.1) is 18.2 Å². The number of benzene rings is 1. The molecule has 1 heterocycles. The first-order valence-electron chi connectivity index (χ1n) is 6.07. The van der Waals surface area contributed by atoms with Crippen LogP contribution in [0.15, 0.2) is 41.8 Å². The number of rotatable bonds is 4. The Balaban J connectivity index is 2.04. The molecular formula is C15H14N2O2S. The predicted octanol–water partition coefficient (Wildman–Crippen LogP) is 2.26. The molecule has 0 saturated carbocycles. The molecule has 2 N–H and O–H groups in total. The van der Waals surface area contributed by atoms with Crippen molar-refractivity contribution < 1.29 is 9.90 Å². The number of nitrogens with one attached hydrogen (secondary N) is 1. The molecule has 0 unspecified atom stereocenters. The number of hydrogen-bond acceptors (Lipinski definition) is 4. The quantitative estimate of drug-likeness (QED) is 0.905. The fraction of sp³-hybridized carbons (Fsp3) is 0.200. The van der Waals surface area contributed by atoms with E-state index in [9.17, 15) is 9.90 Å². The van der Waals surface area contributed by atoms with Crippen LogP contribution in [0, 0.1) is 11.3 Å². The van der Waals surface area contributed by atoms with Crippen LogP contribution < -0.4 is 5.32 Å². The molecule has 1 aromatic carbocycles. The van der Waals surface area contributed by atoms with Gasteiger partial charge in [0, 0.05) is 10.4 Å². The summed E-state index contributed by atoms with van der Waals surface area (Å²) in [4.78, 5) is 12.8. The van der Waals surface area contributed by atoms with Crippen LogP contribution >= 0.6 is 11.3 Å². The summed E-state index contributed by atoms with van der Waals surface area (Å²) in [6, 6.07) is 12.1. The van der Waals surface area contributed by atoms with Crippen LogP contribution in [-0.2, 0) is 5.60 Å². The summed E-state index contributed by atoms with van der Waals surface area (Å²) in [6.45, 7) is 1.77. The van der Waals surface area contributed by atoms with Crippen molar-refractivity contribution in [1.29, 1.82) is 5.26 Å². The lowest BCUT2D eigenvalue weighted by Crippen LogP contribution is -2.38. The topological polar surface area (TPSA) is 73.1 Å². The third kappa shape index (κ3) is 3.23. The lowest BCUT2D eigenvalue weighted by molar-refractivity contribution is 0.0557. The molecule has 1 atom stereocenters. The molecule has 102 valence electrons. The second-order valence-electron chi connectivity index (χ2n) is 4.63. The van der Waals surface area contributed by atoms with E-state index in [0.29, 0.717) is 11.1 Å². The van der Waals surface area contributed by atoms with Crippen molar-refractivity contribution in [2.24, 2.45) is 0 Å². The maximum absolute atomic E-state index is 12.0. The summed E-state index contributed by atoms with van der Waals surface area (Å²) < 4.78 is 0. The molecular weight excluding hydrogens is 272 g/mol. The Morgan fingerprint density at radius 2 is 2.25 bits per heavy atom. The van der Waals surface area contributed by atoms with Crippen LogP contribution in [0.25, 0.3) is 0 Å². The van der Waals surface area contributed by atoms with Crippen molar-refractivity contribution in [3.8, 4) is 6.07 Å². The molecule has 1 aromatic heterocycles. The summed E-state index contributed by atoms with van der Waals surface area (Å²) in [5.41, 5.74) is -0.259. The molecule has 0 aliphatic rings. The Morgan fingerprint density at radius 1 is 1.45 bits per heavy atom. The molecule has 0 saturated heterocycles. The minimum atomic E-state index is -1.10. The minimum Gasteiger partial charge on any atom is -0.383 e. The summed E-state index contributed by atoms with van der Waals surface area (Å²) in [5.74, 6) is -0.307. The monoisotopic (exact) mass is 286 g/mol. The van der Waals surface area contributed by atoms with Crippen LogP contribution in [0.2, 0.25) is 0 Å². The normalized spacial score (nSPS) is 13.2. The van der Waals surface area contributed by atoms with Gasteiger partial charge in [0.15, 0.2) is 0 Å². The maximum atomic E-state index is 12.0. The minimum absolute atomic E-state index is 0.114. The Hall–Kier alpha value is -2.16. The third-order valence-corrected chi connectivity index (χ3v) is 4.02. The van der Waals surface area contributed by atoms with E-state index in [2.05, 4.69) is 5.32 Å². The molecule has 2 rings (SSSR count). The van der Waals surface area contributed by atoms with Crippen LogP contribution in [0.1, 0.15) is 27.7 Å². The highest BCUT2D eigenvalue weighted by atomic mass is 32.1. The molecule has 20 heavy (non-hydrogen) atoms. The molecule has 0 spiro atoms. The number of aliphatic hydroxyl groups is 1. The first-order chi connectivity index (χ1) is 9.53. The molecule has 0 aliphatic heterocycles. The zero-order valence-corrected chi connectivity index (χ0v) is 11.8. The average Bonchev–Trinajstić information content (AvgIpc) is 3.00. The van der Waals surface area contributed by atoms with Gasteiger partial charge in [0.2, 0.25) is 0 Å². The summed E-state index contributed by atoms with van der Waals surface area (Å²) in [7, 11) is 0. The number of hydrogen-bond donors (Lipinski definition) is 2. The van der Waals surface area contributed by atoms with Gasteiger partial charge in [0.1, 0.15) is 5.60 Å². The van der Waals surface area contributed by atoms with E-state index in [1.807, 2.05) is 23.6 Å². The van der Waals surface area contributed by atoms with Crippen molar-refractivity contribution in [2.75, 3.05) is 6.54 Å². The SMILES string of the molecule is C[C@](O)(CNC(=O)c1cccc(C#N)c1)c1cccs1. The summed E-state index contributed by atoms with van der Waals surface area (Å²) in [5, 5.41) is 23.7. The maximum Gasteiger partial charge on any atom is 0.251 e. The number of thiophene rings is 1. The van der Waals surface area contributed by atoms with E-state index < -0.39 is 5.60 Å². The number of carbonyl (C=O) groups excluding carboxylic acids is 1. The summed E-state index contributed by atoms with van der Waals surface area (Å²) in [6.07, 6.45) is 0. The second kappa shape index (κ2) is 5.87. The van der Waals surface area contributed by atoms with Crippen LogP contribution in [-0.4, -0.2) is 17.6 Å². The molecule has 2 aromatic rings. The molecule has 5 heteroatoms. The molecule has 4 nitrogen and oxygen atoms in total. The van der Waals surface area contributed by atoms with Crippen molar-refractivity contribution in [2.45, 2.75) is 12.5 Å². The van der Waals surface area contributed by atoms with E-state index in [1.54, 1.807) is 25.1 Å². The first kappa shape index (κ1) is 14.3. The molecule has 1 amide bonds. The van der Waals surface area contributed by atoms with E-state index in [-0.39, 0.29) is 12.5 Å². The van der Waals surface area contributed by atoms with Gasteiger partial charge in [-0.15, -0.1) is 11.3 Å². The lowest BCUT2D eigenvalue weighted by atomic mass is 10.0. The predicted molar refractivity (Wildman–Crippen MR) is 77.4 cm³/mol. The van der Waals surface area contributed by atoms with Gasteiger partial charge in [-0.2, -0.15) is 5.26 Å². The number of nitrogens with zero attached hydrogens (tertiary/aromatic N) is 1. The Bertz CT molecular complexity index is 642. The van der Waals surface area contributed by atoms with Gasteiger partial charge in [-0.1, -0.05) is 12.1 Å². The van der Waals surface area contributed by atoms with E-state index in [4.69, 9.17) is 5.26 Å². The average molecular weight is 286 g/mol. The van der Waals surface area contributed by atoms with Gasteiger partial charge in [-0.05, 0) is 36.6 Å². The van der Waals surface area contributed by atoms with Crippen LogP contribution in [0.4, 0.5) is 0 Å². The highest BCUT2D eigenvalue weighted by Gasteiger charge is 2.25. The van der Waals surface area contributed by atoms with Gasteiger partial charge in [-0.3, -0.25) is 4.79 Å². The lowest BCUT2D eigenvalue weighted by Gasteiger charge is -2.22. The number of carbonyl (C=O) groups is 1. The first-order valence-corrected chi connectivity index (χ1v) is 6.95. The van der Waals surface area contributed by atoms with Crippen LogP contribution in [0.5, 0.6) is 0 Å². The smallest absolute Gasteiger partial charge is 0.251 e. The van der Waals surface area contributed by atoms with Crippen molar-refractivity contribution in [3.05, 3.63) is 57.8 Å². The molecule has 0 bridgehead atoms. The second-order valence-corrected chi connectivity index (χ2v) is 5.57. The standard InChI is InChI=1S/C15H14N2O2S/c1-15(19,13-6-3-7-20-13)10-17-14(18)12-5-2-4-11(8-12)9-16/h2-8,19H,10H2,1H3,(H,17,18)/t15-/m0/s1. The molecule has 0 radical (unpaired) electrons. The Morgan fingerprint density at radius 3 is 2.90 bits per heavy atom. The van der Waals surface area contributed by atoms with E-state index in [0.717, 1.165) is 4.88 Å². The third-order valence-electron chi connectivity index (χ3n) is 2.90. The highest BCUT2D eigenvalue weighted by molar-refractivity contribution is 7.10. The highest BCUT2D eigenvalue weighted by Crippen LogP contribution is 2.24. The zero-order chi connectivity index (χ0) is 14.6. The Kier molecular flexibility index (Phi) is 4.18. The largest absolute Gasteiger partial charge is 0.383 e. The molecule has 0 aliphatic carbocycles. The van der Waals surface area contributed by atoms with Crippen molar-refractivity contribution in [1.82, 2.24) is 5.32 Å². The summed E-state index contributed by atoms with van der Waals surface area (Å²) >= 11 is 1.44. The fourth-order valence-electron chi connectivity index (χ4n) is 1.76. The van der Waals surface area contributed by atoms with Gasteiger partial charge in [0.25, 0.3) is 5.91 Å². The van der Waals surface area contributed by atoms with Gasteiger partial charge in [-0.25, -0.2) is 0 Å².